The molecule has 1 saturated heterocycles. The maximum Gasteiger partial charge on any atom is 0.280 e. The van der Waals surface area contributed by atoms with Gasteiger partial charge in [-0.3, -0.25) is 0 Å². The Morgan fingerprint density at radius 1 is 1.24 bits per heavy atom. The summed E-state index contributed by atoms with van der Waals surface area (Å²) in [7, 11) is -3.38. The molecule has 1 heterocycles. The second kappa shape index (κ2) is 9.08. The molecular weight excluding hydrogens is 286 g/mol. The first-order chi connectivity index (χ1) is 9.92. The maximum absolute atomic E-state index is 12.7. The standard InChI is InChI=1S/C15H33N3O2S/c1-5-10-16-12-14-9-7-8-11-18(14)21(19,20)17-15(6-2)13(3)4/h13-17H,5-12H2,1-4H3. The Morgan fingerprint density at radius 3 is 2.52 bits per heavy atom. The van der Waals surface area contributed by atoms with Crippen LogP contribution in [0.3, 0.4) is 0 Å². The summed E-state index contributed by atoms with van der Waals surface area (Å²) in [6.07, 6.45) is 4.93. The van der Waals surface area contributed by atoms with Crippen molar-refractivity contribution in [2.24, 2.45) is 5.92 Å². The molecule has 0 aromatic rings. The van der Waals surface area contributed by atoms with E-state index < -0.39 is 10.2 Å². The molecule has 1 rings (SSSR count). The van der Waals surface area contributed by atoms with Crippen molar-refractivity contribution in [2.75, 3.05) is 19.6 Å². The minimum Gasteiger partial charge on any atom is -0.315 e. The zero-order chi connectivity index (χ0) is 15.9. The lowest BCUT2D eigenvalue weighted by Crippen LogP contribution is -2.54. The van der Waals surface area contributed by atoms with Crippen molar-refractivity contribution in [3.63, 3.8) is 0 Å². The van der Waals surface area contributed by atoms with Gasteiger partial charge in [-0.2, -0.15) is 17.4 Å². The number of rotatable bonds is 9. The van der Waals surface area contributed by atoms with Crippen molar-refractivity contribution in [3.05, 3.63) is 0 Å². The van der Waals surface area contributed by atoms with Gasteiger partial charge in [0.1, 0.15) is 0 Å². The molecule has 0 saturated carbocycles. The Kier molecular flexibility index (Phi) is 8.16. The normalized spacial score (nSPS) is 22.6. The Bertz CT molecular complexity index is 384. The van der Waals surface area contributed by atoms with E-state index in [0.29, 0.717) is 12.5 Å². The molecule has 0 bridgehead atoms. The molecule has 0 aromatic carbocycles. The summed E-state index contributed by atoms with van der Waals surface area (Å²) >= 11 is 0. The molecule has 0 spiro atoms. The lowest BCUT2D eigenvalue weighted by molar-refractivity contribution is 0.240. The fraction of sp³-hybridized carbons (Fsp3) is 1.00. The zero-order valence-corrected chi connectivity index (χ0v) is 14.9. The van der Waals surface area contributed by atoms with E-state index in [1.54, 1.807) is 4.31 Å². The molecule has 0 aliphatic carbocycles. The van der Waals surface area contributed by atoms with Gasteiger partial charge in [0.25, 0.3) is 10.2 Å². The molecule has 0 amide bonds. The molecule has 1 aliphatic heterocycles. The second-order valence-electron chi connectivity index (χ2n) is 6.35. The van der Waals surface area contributed by atoms with Crippen molar-refractivity contribution in [1.82, 2.24) is 14.3 Å². The Balaban J connectivity index is 2.72. The molecule has 5 nitrogen and oxygen atoms in total. The van der Waals surface area contributed by atoms with Gasteiger partial charge >= 0.3 is 0 Å². The predicted molar refractivity (Wildman–Crippen MR) is 88.5 cm³/mol. The summed E-state index contributed by atoms with van der Waals surface area (Å²) in [5.74, 6) is 0.311. The molecule has 1 aliphatic rings. The highest BCUT2D eigenvalue weighted by molar-refractivity contribution is 7.87. The number of nitrogens with zero attached hydrogens (tertiary/aromatic N) is 1. The zero-order valence-electron chi connectivity index (χ0n) is 14.1. The highest BCUT2D eigenvalue weighted by Crippen LogP contribution is 2.20. The lowest BCUT2D eigenvalue weighted by Gasteiger charge is -2.36. The van der Waals surface area contributed by atoms with Crippen molar-refractivity contribution >= 4 is 10.2 Å². The van der Waals surface area contributed by atoms with Crippen LogP contribution in [0.2, 0.25) is 0 Å². The fourth-order valence-electron chi connectivity index (χ4n) is 2.89. The van der Waals surface area contributed by atoms with Crippen LogP contribution in [0, 0.1) is 5.92 Å². The fourth-order valence-corrected chi connectivity index (χ4v) is 4.79. The number of hydrogen-bond acceptors (Lipinski definition) is 3. The van der Waals surface area contributed by atoms with E-state index in [2.05, 4.69) is 30.8 Å². The summed E-state index contributed by atoms with van der Waals surface area (Å²) in [6, 6.07) is 0.105. The Labute approximate surface area is 131 Å². The number of nitrogens with one attached hydrogen (secondary N) is 2. The summed E-state index contributed by atoms with van der Waals surface area (Å²) in [6.45, 7) is 10.6. The van der Waals surface area contributed by atoms with Gasteiger partial charge in [-0.25, -0.2) is 0 Å². The SMILES string of the molecule is CCCNCC1CCCCN1S(=O)(=O)NC(CC)C(C)C. The molecule has 0 aromatic heterocycles. The van der Waals surface area contributed by atoms with Gasteiger partial charge in [0.15, 0.2) is 0 Å². The summed E-state index contributed by atoms with van der Waals surface area (Å²) in [4.78, 5) is 0. The van der Waals surface area contributed by atoms with Gasteiger partial charge in [-0.15, -0.1) is 0 Å². The summed E-state index contributed by atoms with van der Waals surface area (Å²) in [5.41, 5.74) is 0. The van der Waals surface area contributed by atoms with Gasteiger partial charge in [0, 0.05) is 25.2 Å². The maximum atomic E-state index is 12.7. The van der Waals surface area contributed by atoms with E-state index in [4.69, 9.17) is 0 Å². The molecule has 2 N–H and O–H groups in total. The molecule has 1 fully saturated rings. The highest BCUT2D eigenvalue weighted by Gasteiger charge is 2.33. The van der Waals surface area contributed by atoms with Crippen LogP contribution in [-0.4, -0.2) is 44.4 Å². The minimum absolute atomic E-state index is 0.0150. The molecule has 2 atom stereocenters. The smallest absolute Gasteiger partial charge is 0.280 e. The van der Waals surface area contributed by atoms with Crippen LogP contribution in [0.4, 0.5) is 0 Å². The minimum atomic E-state index is -3.38. The van der Waals surface area contributed by atoms with Crippen LogP contribution in [0.1, 0.15) is 59.8 Å². The third kappa shape index (κ3) is 5.85. The van der Waals surface area contributed by atoms with Gasteiger partial charge in [0.2, 0.25) is 0 Å². The third-order valence-corrected chi connectivity index (χ3v) is 5.93. The first-order valence-corrected chi connectivity index (χ1v) is 9.86. The largest absolute Gasteiger partial charge is 0.315 e. The quantitative estimate of drug-likeness (QED) is 0.640. The number of piperidine rings is 1. The van der Waals surface area contributed by atoms with E-state index in [0.717, 1.165) is 45.2 Å². The van der Waals surface area contributed by atoms with Crippen LogP contribution < -0.4 is 10.0 Å². The third-order valence-electron chi connectivity index (χ3n) is 4.23. The van der Waals surface area contributed by atoms with Crippen LogP contribution in [-0.2, 0) is 10.2 Å². The predicted octanol–water partition coefficient (Wildman–Crippen LogP) is 2.11. The Hall–Kier alpha value is -0.170. The summed E-state index contributed by atoms with van der Waals surface area (Å²) in [5, 5.41) is 3.36. The van der Waals surface area contributed by atoms with E-state index in [1.165, 1.54) is 0 Å². The van der Waals surface area contributed by atoms with Gasteiger partial charge < -0.3 is 5.32 Å². The van der Waals surface area contributed by atoms with E-state index in [1.807, 2.05) is 6.92 Å². The van der Waals surface area contributed by atoms with Crippen molar-refractivity contribution in [2.45, 2.75) is 71.9 Å². The van der Waals surface area contributed by atoms with Crippen LogP contribution in [0.25, 0.3) is 0 Å². The van der Waals surface area contributed by atoms with E-state index >= 15 is 0 Å². The molecular formula is C15H33N3O2S. The molecule has 126 valence electrons. The van der Waals surface area contributed by atoms with Crippen molar-refractivity contribution < 1.29 is 8.42 Å². The topological polar surface area (TPSA) is 61.4 Å². The van der Waals surface area contributed by atoms with Crippen molar-refractivity contribution in [1.29, 1.82) is 0 Å². The summed E-state index contributed by atoms with van der Waals surface area (Å²) < 4.78 is 30.0. The first-order valence-electron chi connectivity index (χ1n) is 8.42. The van der Waals surface area contributed by atoms with Crippen LogP contribution >= 0.6 is 0 Å². The number of hydrogen-bond donors (Lipinski definition) is 2. The Morgan fingerprint density at radius 2 is 1.95 bits per heavy atom. The van der Waals surface area contributed by atoms with Crippen LogP contribution in [0.15, 0.2) is 0 Å². The first kappa shape index (κ1) is 18.9. The van der Waals surface area contributed by atoms with Crippen LogP contribution in [0.5, 0.6) is 0 Å². The van der Waals surface area contributed by atoms with E-state index in [9.17, 15) is 8.42 Å². The van der Waals surface area contributed by atoms with Crippen molar-refractivity contribution in [3.8, 4) is 0 Å². The van der Waals surface area contributed by atoms with Gasteiger partial charge in [-0.05, 0) is 38.1 Å². The van der Waals surface area contributed by atoms with E-state index in [-0.39, 0.29) is 12.1 Å². The van der Waals surface area contributed by atoms with Gasteiger partial charge in [-0.1, -0.05) is 34.1 Å². The highest BCUT2D eigenvalue weighted by atomic mass is 32.2. The van der Waals surface area contributed by atoms with Gasteiger partial charge in [0.05, 0.1) is 0 Å². The average molecular weight is 320 g/mol. The molecule has 21 heavy (non-hydrogen) atoms. The monoisotopic (exact) mass is 319 g/mol. The molecule has 0 radical (unpaired) electrons. The molecule has 6 heteroatoms. The molecule has 2 unspecified atom stereocenters. The second-order valence-corrected chi connectivity index (χ2v) is 8.00. The average Bonchev–Trinajstić information content (AvgIpc) is 2.45. The lowest BCUT2D eigenvalue weighted by atomic mass is 10.0.